The summed E-state index contributed by atoms with van der Waals surface area (Å²) < 4.78 is 1.78. The van der Waals surface area contributed by atoms with E-state index in [4.69, 9.17) is 5.73 Å². The number of carbonyl (C=O) groups is 1. The molecule has 5 nitrogen and oxygen atoms in total. The highest BCUT2D eigenvalue weighted by Gasteiger charge is 2.00. The Morgan fingerprint density at radius 1 is 1.28 bits per heavy atom. The van der Waals surface area contributed by atoms with Crippen molar-refractivity contribution in [1.82, 2.24) is 15.1 Å². The molecule has 18 heavy (non-hydrogen) atoms. The van der Waals surface area contributed by atoms with Crippen LogP contribution in [-0.4, -0.2) is 15.7 Å². The van der Waals surface area contributed by atoms with E-state index in [1.54, 1.807) is 16.8 Å². The molecule has 0 aliphatic rings. The van der Waals surface area contributed by atoms with Gasteiger partial charge in [-0.15, -0.1) is 0 Å². The number of benzene rings is 1. The van der Waals surface area contributed by atoms with Crippen LogP contribution in [0.4, 0.5) is 0 Å². The Labute approximate surface area is 106 Å². The van der Waals surface area contributed by atoms with Crippen molar-refractivity contribution < 1.29 is 4.79 Å². The fourth-order valence-corrected chi connectivity index (χ4v) is 1.68. The first kappa shape index (κ1) is 12.3. The van der Waals surface area contributed by atoms with Crippen molar-refractivity contribution in [2.45, 2.75) is 13.1 Å². The van der Waals surface area contributed by atoms with Crippen molar-refractivity contribution in [2.24, 2.45) is 12.8 Å². The molecule has 0 unspecified atom stereocenters. The van der Waals surface area contributed by atoms with Gasteiger partial charge in [0.1, 0.15) is 0 Å². The standard InChI is InChI=1S/C13H16N4O/c1-17-7-6-12(16-17)9-15-8-10-2-4-11(5-3-10)13(14)18/h2-7,15H,8-9H2,1H3,(H2,14,18). The highest BCUT2D eigenvalue weighted by Crippen LogP contribution is 2.04. The Morgan fingerprint density at radius 3 is 2.56 bits per heavy atom. The van der Waals surface area contributed by atoms with Gasteiger partial charge < -0.3 is 11.1 Å². The zero-order valence-corrected chi connectivity index (χ0v) is 10.3. The van der Waals surface area contributed by atoms with E-state index in [2.05, 4.69) is 10.4 Å². The quantitative estimate of drug-likeness (QED) is 0.817. The third kappa shape index (κ3) is 3.18. The van der Waals surface area contributed by atoms with Gasteiger partial charge in [-0.3, -0.25) is 9.48 Å². The van der Waals surface area contributed by atoms with Crippen LogP contribution in [0.2, 0.25) is 0 Å². The molecule has 0 saturated heterocycles. The molecule has 2 rings (SSSR count). The molecule has 1 amide bonds. The largest absolute Gasteiger partial charge is 0.366 e. The van der Waals surface area contributed by atoms with Crippen molar-refractivity contribution in [1.29, 1.82) is 0 Å². The van der Waals surface area contributed by atoms with Crippen LogP contribution in [-0.2, 0) is 20.1 Å². The van der Waals surface area contributed by atoms with E-state index in [0.717, 1.165) is 24.3 Å². The molecular formula is C13H16N4O. The van der Waals surface area contributed by atoms with Crippen LogP contribution in [0.15, 0.2) is 36.5 Å². The Bertz CT molecular complexity index is 530. The fraction of sp³-hybridized carbons (Fsp3) is 0.231. The zero-order valence-electron chi connectivity index (χ0n) is 10.3. The summed E-state index contributed by atoms with van der Waals surface area (Å²) in [4.78, 5) is 10.9. The Balaban J connectivity index is 1.85. The Morgan fingerprint density at radius 2 is 2.00 bits per heavy atom. The van der Waals surface area contributed by atoms with Crippen LogP contribution >= 0.6 is 0 Å². The fourth-order valence-electron chi connectivity index (χ4n) is 1.68. The molecule has 0 aliphatic heterocycles. The van der Waals surface area contributed by atoms with Gasteiger partial charge >= 0.3 is 0 Å². The summed E-state index contributed by atoms with van der Waals surface area (Å²) in [5.41, 5.74) is 7.82. The first-order valence-electron chi connectivity index (χ1n) is 5.73. The number of carbonyl (C=O) groups excluding carboxylic acids is 1. The van der Waals surface area contributed by atoms with Crippen molar-refractivity contribution in [3.8, 4) is 0 Å². The maximum absolute atomic E-state index is 10.9. The third-order valence-corrected chi connectivity index (χ3v) is 2.64. The van der Waals surface area contributed by atoms with Crippen LogP contribution in [0.25, 0.3) is 0 Å². The van der Waals surface area contributed by atoms with Crippen LogP contribution in [0, 0.1) is 0 Å². The molecule has 1 aromatic carbocycles. The summed E-state index contributed by atoms with van der Waals surface area (Å²) in [5, 5.41) is 7.56. The van der Waals surface area contributed by atoms with Gasteiger partial charge in [-0.1, -0.05) is 12.1 Å². The van der Waals surface area contributed by atoms with E-state index in [0.29, 0.717) is 5.56 Å². The molecule has 2 aromatic rings. The predicted molar refractivity (Wildman–Crippen MR) is 68.7 cm³/mol. The lowest BCUT2D eigenvalue weighted by atomic mass is 10.1. The van der Waals surface area contributed by atoms with Crippen LogP contribution in [0.5, 0.6) is 0 Å². The normalized spacial score (nSPS) is 10.5. The molecule has 0 fully saturated rings. The molecule has 1 aromatic heterocycles. The lowest BCUT2D eigenvalue weighted by molar-refractivity contribution is 0.100. The second-order valence-corrected chi connectivity index (χ2v) is 4.15. The minimum absolute atomic E-state index is 0.400. The molecular weight excluding hydrogens is 228 g/mol. The van der Waals surface area contributed by atoms with Crippen LogP contribution in [0.1, 0.15) is 21.6 Å². The molecule has 5 heteroatoms. The predicted octanol–water partition coefficient (Wildman–Crippen LogP) is 0.809. The number of nitrogens with two attached hydrogens (primary N) is 1. The smallest absolute Gasteiger partial charge is 0.248 e. The van der Waals surface area contributed by atoms with E-state index in [1.165, 1.54) is 0 Å². The number of hydrogen-bond donors (Lipinski definition) is 2. The lowest BCUT2D eigenvalue weighted by Gasteiger charge is -2.03. The van der Waals surface area contributed by atoms with Gasteiger partial charge in [-0.25, -0.2) is 0 Å². The third-order valence-electron chi connectivity index (χ3n) is 2.64. The number of nitrogens with one attached hydrogen (secondary N) is 1. The highest BCUT2D eigenvalue weighted by molar-refractivity contribution is 5.92. The van der Waals surface area contributed by atoms with Gasteiger partial charge in [-0.2, -0.15) is 5.10 Å². The molecule has 0 atom stereocenters. The summed E-state index contributed by atoms with van der Waals surface area (Å²) in [7, 11) is 1.89. The molecule has 0 bridgehead atoms. The van der Waals surface area contributed by atoms with Crippen molar-refractivity contribution in [3.63, 3.8) is 0 Å². The maximum atomic E-state index is 10.9. The second kappa shape index (κ2) is 5.46. The first-order valence-corrected chi connectivity index (χ1v) is 5.73. The number of amides is 1. The summed E-state index contributed by atoms with van der Waals surface area (Å²) in [5.74, 6) is -0.400. The van der Waals surface area contributed by atoms with E-state index >= 15 is 0 Å². The summed E-state index contributed by atoms with van der Waals surface area (Å²) >= 11 is 0. The van der Waals surface area contributed by atoms with Crippen LogP contribution < -0.4 is 11.1 Å². The Hall–Kier alpha value is -2.14. The summed E-state index contributed by atoms with van der Waals surface area (Å²) in [6.45, 7) is 1.45. The topological polar surface area (TPSA) is 72.9 Å². The van der Waals surface area contributed by atoms with Gasteiger partial charge in [0.05, 0.1) is 5.69 Å². The molecule has 0 radical (unpaired) electrons. The van der Waals surface area contributed by atoms with E-state index in [9.17, 15) is 4.79 Å². The average Bonchev–Trinajstić information content (AvgIpc) is 2.76. The van der Waals surface area contributed by atoms with Crippen LogP contribution in [0.3, 0.4) is 0 Å². The maximum Gasteiger partial charge on any atom is 0.248 e. The summed E-state index contributed by atoms with van der Waals surface area (Å²) in [6.07, 6.45) is 1.92. The number of aryl methyl sites for hydroxylation is 1. The zero-order chi connectivity index (χ0) is 13.0. The summed E-state index contributed by atoms with van der Waals surface area (Å²) in [6, 6.07) is 9.24. The number of hydrogen-bond acceptors (Lipinski definition) is 3. The van der Waals surface area contributed by atoms with Gasteiger partial charge in [0.2, 0.25) is 5.91 Å². The molecule has 0 aliphatic carbocycles. The lowest BCUT2D eigenvalue weighted by Crippen LogP contribution is -2.14. The first-order chi connectivity index (χ1) is 8.65. The van der Waals surface area contributed by atoms with Gasteiger partial charge in [0.25, 0.3) is 0 Å². The number of rotatable bonds is 5. The number of primary amides is 1. The molecule has 0 spiro atoms. The van der Waals surface area contributed by atoms with Gasteiger partial charge in [0, 0.05) is 31.9 Å². The molecule has 1 heterocycles. The number of nitrogens with zero attached hydrogens (tertiary/aromatic N) is 2. The van der Waals surface area contributed by atoms with Crippen molar-refractivity contribution in [2.75, 3.05) is 0 Å². The van der Waals surface area contributed by atoms with E-state index in [-0.39, 0.29) is 0 Å². The average molecular weight is 244 g/mol. The monoisotopic (exact) mass is 244 g/mol. The van der Waals surface area contributed by atoms with Crippen molar-refractivity contribution in [3.05, 3.63) is 53.3 Å². The van der Waals surface area contributed by atoms with Crippen molar-refractivity contribution >= 4 is 5.91 Å². The second-order valence-electron chi connectivity index (χ2n) is 4.15. The molecule has 0 saturated carbocycles. The molecule has 94 valence electrons. The van der Waals surface area contributed by atoms with Gasteiger partial charge in [0.15, 0.2) is 0 Å². The van der Waals surface area contributed by atoms with Gasteiger partial charge in [-0.05, 0) is 23.8 Å². The minimum atomic E-state index is -0.400. The van der Waals surface area contributed by atoms with E-state index < -0.39 is 5.91 Å². The Kier molecular flexibility index (Phi) is 3.74. The SMILES string of the molecule is Cn1ccc(CNCc2ccc(C(N)=O)cc2)n1. The highest BCUT2D eigenvalue weighted by atomic mass is 16.1. The van der Waals surface area contributed by atoms with E-state index in [1.807, 2.05) is 31.4 Å². The molecule has 3 N–H and O–H groups in total. The minimum Gasteiger partial charge on any atom is -0.366 e. The number of aromatic nitrogens is 2.